The number of aromatic nitrogens is 3. The van der Waals surface area contributed by atoms with Crippen LogP contribution in [0.15, 0.2) is 48.7 Å². The van der Waals surface area contributed by atoms with E-state index in [-0.39, 0.29) is 0 Å². The summed E-state index contributed by atoms with van der Waals surface area (Å²) in [5.74, 6) is 0.926. The fraction of sp³-hybridized carbons (Fsp3) is 0.0625. The van der Waals surface area contributed by atoms with Crippen LogP contribution in [0, 0.1) is 6.92 Å². The van der Waals surface area contributed by atoms with Crippen LogP contribution in [0.4, 0.5) is 23.1 Å². The number of para-hydroxylation sites is 1. The zero-order valence-electron chi connectivity index (χ0n) is 12.2. The van der Waals surface area contributed by atoms with Crippen LogP contribution < -0.4 is 10.6 Å². The fourth-order valence-corrected chi connectivity index (χ4v) is 2.41. The third-order valence-corrected chi connectivity index (χ3v) is 3.70. The average molecular weight is 346 g/mol. The van der Waals surface area contributed by atoms with Crippen LogP contribution in [0.1, 0.15) is 5.56 Å². The van der Waals surface area contributed by atoms with Gasteiger partial charge >= 0.3 is 0 Å². The van der Waals surface area contributed by atoms with E-state index in [1.165, 1.54) is 6.20 Å². The third kappa shape index (κ3) is 3.88. The topological polar surface area (TPSA) is 62.7 Å². The van der Waals surface area contributed by atoms with E-state index in [1.807, 2.05) is 37.3 Å². The Kier molecular flexibility index (Phi) is 4.60. The summed E-state index contributed by atoms with van der Waals surface area (Å²) in [4.78, 5) is 4.38. The molecular formula is C16H13Cl2N5. The summed E-state index contributed by atoms with van der Waals surface area (Å²) in [7, 11) is 0. The van der Waals surface area contributed by atoms with E-state index < -0.39 is 0 Å². The van der Waals surface area contributed by atoms with Crippen LogP contribution in [0.25, 0.3) is 0 Å². The molecule has 0 saturated carbocycles. The minimum Gasteiger partial charge on any atom is -0.338 e. The summed E-state index contributed by atoms with van der Waals surface area (Å²) in [5, 5.41) is 15.5. The summed E-state index contributed by atoms with van der Waals surface area (Å²) in [6.45, 7) is 1.95. The number of rotatable bonds is 4. The molecular weight excluding hydrogens is 333 g/mol. The van der Waals surface area contributed by atoms with Crippen LogP contribution in [-0.2, 0) is 0 Å². The molecule has 3 rings (SSSR count). The minimum absolute atomic E-state index is 0.382. The van der Waals surface area contributed by atoms with E-state index in [1.54, 1.807) is 12.1 Å². The number of nitrogens with zero attached hydrogens (tertiary/aromatic N) is 3. The van der Waals surface area contributed by atoms with E-state index in [0.717, 1.165) is 16.9 Å². The molecule has 23 heavy (non-hydrogen) atoms. The molecule has 3 aromatic rings. The predicted octanol–water partition coefficient (Wildman–Crippen LogP) is 4.97. The Hall–Kier alpha value is -2.37. The van der Waals surface area contributed by atoms with Crippen molar-refractivity contribution in [1.29, 1.82) is 0 Å². The first-order valence-electron chi connectivity index (χ1n) is 6.86. The van der Waals surface area contributed by atoms with Crippen LogP contribution in [0.5, 0.6) is 0 Å². The van der Waals surface area contributed by atoms with E-state index in [9.17, 15) is 0 Å². The first-order valence-corrected chi connectivity index (χ1v) is 7.62. The van der Waals surface area contributed by atoms with Crippen molar-refractivity contribution in [3.63, 3.8) is 0 Å². The van der Waals surface area contributed by atoms with Gasteiger partial charge < -0.3 is 10.6 Å². The Morgan fingerprint density at radius 3 is 2.57 bits per heavy atom. The maximum atomic E-state index is 6.12. The summed E-state index contributed by atoms with van der Waals surface area (Å²) in [5.41, 5.74) is 2.61. The maximum absolute atomic E-state index is 6.12. The first-order chi connectivity index (χ1) is 11.1. The Morgan fingerprint density at radius 1 is 0.957 bits per heavy atom. The van der Waals surface area contributed by atoms with E-state index >= 15 is 0 Å². The van der Waals surface area contributed by atoms with Crippen molar-refractivity contribution in [2.45, 2.75) is 6.92 Å². The molecule has 116 valence electrons. The Labute approximate surface area is 143 Å². The van der Waals surface area contributed by atoms with Crippen LogP contribution in [0.3, 0.4) is 0 Å². The Morgan fingerprint density at radius 2 is 1.78 bits per heavy atom. The molecule has 1 heterocycles. The Bertz CT molecular complexity index is 838. The fourth-order valence-electron chi connectivity index (χ4n) is 2.01. The van der Waals surface area contributed by atoms with E-state index in [0.29, 0.717) is 21.8 Å². The second-order valence-corrected chi connectivity index (χ2v) is 5.70. The van der Waals surface area contributed by atoms with Gasteiger partial charge in [-0.2, -0.15) is 10.1 Å². The molecule has 1 aromatic heterocycles. The molecule has 7 heteroatoms. The lowest BCUT2D eigenvalue weighted by atomic mass is 10.2. The van der Waals surface area contributed by atoms with Gasteiger partial charge in [-0.25, -0.2) is 0 Å². The normalized spacial score (nSPS) is 10.4. The Balaban J connectivity index is 1.81. The molecule has 0 saturated heterocycles. The SMILES string of the molecule is Cc1cc(Cl)ccc1Nc1nncc(Nc2ccccc2Cl)n1. The number of hydrogen-bond acceptors (Lipinski definition) is 5. The molecule has 0 amide bonds. The van der Waals surface area contributed by atoms with Crippen molar-refractivity contribution < 1.29 is 0 Å². The van der Waals surface area contributed by atoms with Gasteiger partial charge in [0.1, 0.15) is 0 Å². The number of nitrogens with one attached hydrogen (secondary N) is 2. The van der Waals surface area contributed by atoms with E-state index in [2.05, 4.69) is 25.8 Å². The minimum atomic E-state index is 0.382. The molecule has 2 aromatic carbocycles. The summed E-state index contributed by atoms with van der Waals surface area (Å²) in [6.07, 6.45) is 1.53. The molecule has 0 aliphatic heterocycles. The zero-order chi connectivity index (χ0) is 16.2. The largest absolute Gasteiger partial charge is 0.338 e. The smallest absolute Gasteiger partial charge is 0.249 e. The monoisotopic (exact) mass is 345 g/mol. The van der Waals surface area contributed by atoms with Crippen LogP contribution in [0.2, 0.25) is 10.0 Å². The number of aryl methyl sites for hydroxylation is 1. The van der Waals surface area contributed by atoms with Crippen molar-refractivity contribution in [3.05, 3.63) is 64.3 Å². The number of benzene rings is 2. The molecule has 0 unspecified atom stereocenters. The van der Waals surface area contributed by atoms with Gasteiger partial charge in [-0.1, -0.05) is 35.3 Å². The van der Waals surface area contributed by atoms with Gasteiger partial charge in [0.15, 0.2) is 5.82 Å². The van der Waals surface area contributed by atoms with Gasteiger partial charge in [0.2, 0.25) is 5.95 Å². The molecule has 2 N–H and O–H groups in total. The number of anilines is 4. The van der Waals surface area contributed by atoms with Crippen LogP contribution >= 0.6 is 23.2 Å². The molecule has 0 aliphatic carbocycles. The molecule has 0 bridgehead atoms. The molecule has 0 radical (unpaired) electrons. The highest BCUT2D eigenvalue weighted by Gasteiger charge is 2.06. The highest BCUT2D eigenvalue weighted by Crippen LogP contribution is 2.25. The number of hydrogen-bond donors (Lipinski definition) is 2. The standard InChI is InChI=1S/C16H13Cl2N5/c1-10-8-11(17)6-7-13(10)21-16-22-15(9-19-23-16)20-14-5-3-2-4-12(14)18/h2-9H,1H3,(H2,20,21,22,23). The van der Waals surface area contributed by atoms with Gasteiger partial charge in [-0.05, 0) is 42.8 Å². The predicted molar refractivity (Wildman–Crippen MR) is 94.0 cm³/mol. The van der Waals surface area contributed by atoms with Crippen molar-refractivity contribution in [1.82, 2.24) is 15.2 Å². The van der Waals surface area contributed by atoms with Crippen molar-refractivity contribution in [2.75, 3.05) is 10.6 Å². The quantitative estimate of drug-likeness (QED) is 0.698. The molecule has 5 nitrogen and oxygen atoms in total. The van der Waals surface area contributed by atoms with Gasteiger partial charge in [-0.3, -0.25) is 0 Å². The van der Waals surface area contributed by atoms with Crippen LogP contribution in [-0.4, -0.2) is 15.2 Å². The summed E-state index contributed by atoms with van der Waals surface area (Å²) in [6, 6.07) is 12.9. The molecule has 0 atom stereocenters. The van der Waals surface area contributed by atoms with Gasteiger partial charge in [0.05, 0.1) is 16.9 Å². The molecule has 0 spiro atoms. The third-order valence-electron chi connectivity index (χ3n) is 3.13. The lowest BCUT2D eigenvalue weighted by molar-refractivity contribution is 0.982. The molecule has 0 aliphatic rings. The number of halogens is 2. The second kappa shape index (κ2) is 6.81. The summed E-state index contributed by atoms with van der Waals surface area (Å²) < 4.78 is 0. The first kappa shape index (κ1) is 15.5. The zero-order valence-corrected chi connectivity index (χ0v) is 13.7. The molecule has 0 fully saturated rings. The lowest BCUT2D eigenvalue weighted by Gasteiger charge is -2.10. The average Bonchev–Trinajstić information content (AvgIpc) is 2.53. The second-order valence-electron chi connectivity index (χ2n) is 4.85. The van der Waals surface area contributed by atoms with Gasteiger partial charge in [0, 0.05) is 10.7 Å². The van der Waals surface area contributed by atoms with Crippen molar-refractivity contribution >= 4 is 46.3 Å². The van der Waals surface area contributed by atoms with E-state index in [4.69, 9.17) is 23.2 Å². The summed E-state index contributed by atoms with van der Waals surface area (Å²) >= 11 is 12.1. The lowest BCUT2D eigenvalue weighted by Crippen LogP contribution is -2.03. The van der Waals surface area contributed by atoms with Gasteiger partial charge in [-0.15, -0.1) is 5.10 Å². The maximum Gasteiger partial charge on any atom is 0.249 e. The highest BCUT2D eigenvalue weighted by atomic mass is 35.5. The highest BCUT2D eigenvalue weighted by molar-refractivity contribution is 6.33. The van der Waals surface area contributed by atoms with Crippen molar-refractivity contribution in [3.8, 4) is 0 Å². The van der Waals surface area contributed by atoms with Crippen molar-refractivity contribution in [2.24, 2.45) is 0 Å². The van der Waals surface area contributed by atoms with Gasteiger partial charge in [0.25, 0.3) is 0 Å².